The van der Waals surface area contributed by atoms with E-state index in [1.165, 1.54) is 24.7 Å². The third kappa shape index (κ3) is 3.53. The number of carbonyl (C=O) groups excluding carboxylic acids is 1. The van der Waals surface area contributed by atoms with E-state index in [1.54, 1.807) is 4.40 Å². The number of nitrogen functional groups attached to an aromatic ring is 1. The van der Waals surface area contributed by atoms with E-state index in [4.69, 9.17) is 10.5 Å². The van der Waals surface area contributed by atoms with Crippen molar-refractivity contribution in [3.05, 3.63) is 59.8 Å². The molecule has 0 bridgehead atoms. The Morgan fingerprint density at radius 1 is 1.19 bits per heavy atom. The number of rotatable bonds is 2. The zero-order chi connectivity index (χ0) is 25.4. The minimum Gasteiger partial charge on any atom is -0.487 e. The number of imidazole rings is 1. The predicted molar refractivity (Wildman–Crippen MR) is 116 cm³/mol. The number of anilines is 1. The molecule has 36 heavy (non-hydrogen) atoms. The molecule has 2 aliphatic rings. The SMILES string of the molecule is Nc1nc2cc(F)c(C(=O)N3CC(F)CC4Oc5cc(OC(F)(F)F)ccc5C43)cc2n2cncc12. The lowest BCUT2D eigenvalue weighted by Gasteiger charge is -2.38. The fraction of sp³-hybridized carbons (Fsp3) is 0.261. The number of fused-ring (bicyclic) bond motifs is 6. The van der Waals surface area contributed by atoms with Crippen LogP contribution < -0.4 is 15.2 Å². The number of alkyl halides is 4. The van der Waals surface area contributed by atoms with Gasteiger partial charge >= 0.3 is 6.36 Å². The first-order valence-corrected chi connectivity index (χ1v) is 10.8. The topological polar surface area (TPSA) is 95.0 Å². The van der Waals surface area contributed by atoms with Crippen LogP contribution in [0.3, 0.4) is 0 Å². The molecule has 13 heteroatoms. The summed E-state index contributed by atoms with van der Waals surface area (Å²) in [6.45, 7) is -0.346. The van der Waals surface area contributed by atoms with Crippen LogP contribution in [0, 0.1) is 5.82 Å². The van der Waals surface area contributed by atoms with Gasteiger partial charge in [0.1, 0.15) is 40.9 Å². The number of amides is 1. The van der Waals surface area contributed by atoms with Crippen LogP contribution in [0.1, 0.15) is 28.4 Å². The molecule has 0 saturated carbocycles. The molecule has 8 nitrogen and oxygen atoms in total. The molecule has 3 unspecified atom stereocenters. The molecule has 1 amide bonds. The molecule has 4 aromatic rings. The Labute approximate surface area is 199 Å². The van der Waals surface area contributed by atoms with Gasteiger partial charge in [-0.2, -0.15) is 0 Å². The Hall–Kier alpha value is -4.16. The summed E-state index contributed by atoms with van der Waals surface area (Å²) >= 11 is 0. The van der Waals surface area contributed by atoms with E-state index in [0.717, 1.165) is 23.1 Å². The molecule has 1 fully saturated rings. The number of halogens is 5. The third-order valence-corrected chi connectivity index (χ3v) is 6.34. The standard InChI is InChI=1S/C23H16F5N5O3/c24-10-3-19-20(12-2-1-11(4-18(12)35-19)36-23(26,27)28)32(8-10)22(34)13-5-16-15(6-14(13)25)31-21(29)17-7-30-9-33(16)17/h1-2,4-7,9-10,19-20H,3,8H2,(H2,29,31). The average Bonchev–Trinajstić information content (AvgIpc) is 3.41. The smallest absolute Gasteiger partial charge is 0.487 e. The van der Waals surface area contributed by atoms with Gasteiger partial charge in [0.25, 0.3) is 5.91 Å². The molecule has 2 aromatic carbocycles. The lowest BCUT2D eigenvalue weighted by Crippen LogP contribution is -2.49. The van der Waals surface area contributed by atoms with Crippen LogP contribution in [-0.2, 0) is 0 Å². The lowest BCUT2D eigenvalue weighted by atomic mass is 9.92. The van der Waals surface area contributed by atoms with Gasteiger partial charge in [-0.15, -0.1) is 13.2 Å². The Kier molecular flexibility index (Phi) is 4.75. The van der Waals surface area contributed by atoms with E-state index >= 15 is 4.39 Å². The molecule has 0 radical (unpaired) electrons. The molecule has 0 spiro atoms. The summed E-state index contributed by atoms with van der Waals surface area (Å²) in [5.74, 6) is -2.02. The molecule has 6 rings (SSSR count). The predicted octanol–water partition coefficient (Wildman–Crippen LogP) is 4.19. The molecule has 0 aliphatic carbocycles. The van der Waals surface area contributed by atoms with Crippen molar-refractivity contribution in [3.8, 4) is 11.5 Å². The minimum atomic E-state index is -4.90. The largest absolute Gasteiger partial charge is 0.573 e. The second-order valence-electron chi connectivity index (χ2n) is 8.61. The summed E-state index contributed by atoms with van der Waals surface area (Å²) < 4.78 is 78.9. The quantitative estimate of drug-likeness (QED) is 0.411. The summed E-state index contributed by atoms with van der Waals surface area (Å²) in [7, 11) is 0. The van der Waals surface area contributed by atoms with Crippen molar-refractivity contribution in [2.45, 2.75) is 31.1 Å². The van der Waals surface area contributed by atoms with Gasteiger partial charge in [-0.05, 0) is 18.2 Å². The maximum Gasteiger partial charge on any atom is 0.573 e. The molecule has 4 heterocycles. The highest BCUT2D eigenvalue weighted by Gasteiger charge is 2.47. The van der Waals surface area contributed by atoms with Crippen LogP contribution in [0.2, 0.25) is 0 Å². The lowest BCUT2D eigenvalue weighted by molar-refractivity contribution is -0.274. The first kappa shape index (κ1) is 22.3. The highest BCUT2D eigenvalue weighted by atomic mass is 19.4. The zero-order valence-electron chi connectivity index (χ0n) is 18.2. The van der Waals surface area contributed by atoms with Gasteiger partial charge in [-0.25, -0.2) is 18.7 Å². The Bertz CT molecular complexity index is 1540. The number of likely N-dealkylation sites (tertiary alicyclic amines) is 1. The average molecular weight is 505 g/mol. The van der Waals surface area contributed by atoms with E-state index in [2.05, 4.69) is 14.7 Å². The van der Waals surface area contributed by atoms with Crippen molar-refractivity contribution in [1.29, 1.82) is 0 Å². The highest BCUT2D eigenvalue weighted by molar-refractivity contribution is 5.99. The van der Waals surface area contributed by atoms with Crippen molar-refractivity contribution in [3.63, 3.8) is 0 Å². The van der Waals surface area contributed by atoms with Crippen LogP contribution in [0.25, 0.3) is 16.6 Å². The van der Waals surface area contributed by atoms with Gasteiger partial charge in [0.2, 0.25) is 0 Å². The van der Waals surface area contributed by atoms with Gasteiger partial charge in [-0.1, -0.05) is 0 Å². The minimum absolute atomic E-state index is 0.0393. The monoisotopic (exact) mass is 505 g/mol. The van der Waals surface area contributed by atoms with Gasteiger partial charge in [0, 0.05) is 24.1 Å². The van der Waals surface area contributed by atoms with Gasteiger partial charge in [0.05, 0.1) is 41.7 Å². The first-order valence-electron chi connectivity index (χ1n) is 10.8. The number of aromatic nitrogens is 3. The van der Waals surface area contributed by atoms with E-state index in [9.17, 15) is 22.4 Å². The molecular formula is C23H16F5N5O3. The van der Waals surface area contributed by atoms with E-state index in [0.29, 0.717) is 16.6 Å². The van der Waals surface area contributed by atoms with Crippen molar-refractivity contribution in [1.82, 2.24) is 19.3 Å². The van der Waals surface area contributed by atoms with Crippen LogP contribution >= 0.6 is 0 Å². The van der Waals surface area contributed by atoms with Crippen molar-refractivity contribution in [2.24, 2.45) is 0 Å². The zero-order valence-corrected chi connectivity index (χ0v) is 18.2. The summed E-state index contributed by atoms with van der Waals surface area (Å²) in [5.41, 5.74) is 6.96. The number of nitrogens with zero attached hydrogens (tertiary/aromatic N) is 4. The van der Waals surface area contributed by atoms with Crippen LogP contribution in [0.4, 0.5) is 27.8 Å². The van der Waals surface area contributed by atoms with E-state index in [1.807, 2.05) is 0 Å². The Balaban J connectivity index is 1.41. The molecule has 1 saturated heterocycles. The second kappa shape index (κ2) is 7.67. The normalized spacial score (nSPS) is 21.4. The summed E-state index contributed by atoms with van der Waals surface area (Å²) in [5, 5.41) is 0. The third-order valence-electron chi connectivity index (χ3n) is 6.34. The molecular weight excluding hydrogens is 489 g/mol. The molecule has 186 valence electrons. The number of ether oxygens (including phenoxy) is 2. The summed E-state index contributed by atoms with van der Waals surface area (Å²) in [6.07, 6.45) is -4.42. The van der Waals surface area contributed by atoms with Crippen molar-refractivity contribution < 1.29 is 36.2 Å². The van der Waals surface area contributed by atoms with Crippen molar-refractivity contribution in [2.75, 3.05) is 12.3 Å². The number of benzene rings is 2. The fourth-order valence-electron chi connectivity index (χ4n) is 4.91. The number of nitrogens with two attached hydrogens (primary N) is 1. The van der Waals surface area contributed by atoms with Gasteiger partial charge in [0.15, 0.2) is 0 Å². The van der Waals surface area contributed by atoms with Gasteiger partial charge < -0.3 is 20.1 Å². The number of carbonyl (C=O) groups is 1. The second-order valence-corrected chi connectivity index (χ2v) is 8.61. The number of hydrogen-bond donors (Lipinski definition) is 1. The number of piperidine rings is 1. The maximum absolute atomic E-state index is 15.1. The Morgan fingerprint density at radius 3 is 2.78 bits per heavy atom. The highest BCUT2D eigenvalue weighted by Crippen LogP contribution is 2.47. The van der Waals surface area contributed by atoms with Crippen molar-refractivity contribution >= 4 is 28.3 Å². The maximum atomic E-state index is 15.1. The van der Waals surface area contributed by atoms with E-state index in [-0.39, 0.29) is 35.6 Å². The molecule has 3 atom stereocenters. The summed E-state index contributed by atoms with van der Waals surface area (Å²) in [4.78, 5) is 22.9. The number of hydrogen-bond acceptors (Lipinski definition) is 6. The van der Waals surface area contributed by atoms with Crippen LogP contribution in [-0.4, -0.2) is 50.4 Å². The fourth-order valence-corrected chi connectivity index (χ4v) is 4.91. The Morgan fingerprint density at radius 2 is 2.00 bits per heavy atom. The molecule has 2 aromatic heterocycles. The molecule has 2 N–H and O–H groups in total. The van der Waals surface area contributed by atoms with Crippen LogP contribution in [0.15, 0.2) is 42.9 Å². The van der Waals surface area contributed by atoms with Crippen LogP contribution in [0.5, 0.6) is 11.5 Å². The summed E-state index contributed by atoms with van der Waals surface area (Å²) in [6, 6.07) is 4.99. The molecule has 2 aliphatic heterocycles. The first-order chi connectivity index (χ1) is 17.1. The van der Waals surface area contributed by atoms with Gasteiger partial charge in [-0.3, -0.25) is 9.20 Å². The van der Waals surface area contributed by atoms with E-state index < -0.39 is 42.2 Å².